The van der Waals surface area contributed by atoms with Crippen LogP contribution in [0.2, 0.25) is 0 Å². The summed E-state index contributed by atoms with van der Waals surface area (Å²) < 4.78 is 41.4. The number of amides is 1. The van der Waals surface area contributed by atoms with Gasteiger partial charge in [0.15, 0.2) is 0 Å². The first kappa shape index (κ1) is 21.2. The van der Waals surface area contributed by atoms with Gasteiger partial charge in [0.2, 0.25) is 0 Å². The quantitative estimate of drug-likeness (QED) is 0.651. The van der Waals surface area contributed by atoms with Crippen LogP contribution in [0.5, 0.6) is 0 Å². The van der Waals surface area contributed by atoms with Gasteiger partial charge in [0.1, 0.15) is 35.7 Å². The van der Waals surface area contributed by atoms with Crippen LogP contribution >= 0.6 is 0 Å². The van der Waals surface area contributed by atoms with E-state index in [1.807, 2.05) is 0 Å². The lowest BCUT2D eigenvalue weighted by Crippen LogP contribution is -2.36. The number of nitrogens with zero attached hydrogens (tertiary/aromatic N) is 3. The maximum atomic E-state index is 14.2. The average Bonchev–Trinajstić information content (AvgIpc) is 3.31. The van der Waals surface area contributed by atoms with E-state index in [9.17, 15) is 23.1 Å². The topological polar surface area (TPSA) is 99.5 Å². The number of benzene rings is 1. The number of fused-ring (bicyclic) bond motifs is 1. The SMILES string of the molecule is CC[C@@H](NC(=O)C1=NCc2ncnc(N[C@H]3C[C@H](F)C[C@@H]3O)c21)c1cc(F)ccc1F. The van der Waals surface area contributed by atoms with Gasteiger partial charge in [-0.05, 0) is 24.6 Å². The summed E-state index contributed by atoms with van der Waals surface area (Å²) in [6.45, 7) is 1.89. The van der Waals surface area contributed by atoms with Crippen LogP contribution < -0.4 is 10.6 Å². The van der Waals surface area contributed by atoms with Gasteiger partial charge in [-0.2, -0.15) is 0 Å². The molecule has 0 spiro atoms. The van der Waals surface area contributed by atoms with Crippen molar-refractivity contribution in [1.29, 1.82) is 0 Å². The number of aliphatic hydroxyl groups excluding tert-OH is 1. The fourth-order valence-electron chi connectivity index (χ4n) is 4.01. The zero-order valence-electron chi connectivity index (χ0n) is 16.8. The van der Waals surface area contributed by atoms with Gasteiger partial charge >= 0.3 is 0 Å². The number of anilines is 1. The molecule has 164 valence electrons. The zero-order valence-corrected chi connectivity index (χ0v) is 16.8. The minimum atomic E-state index is -1.12. The van der Waals surface area contributed by atoms with Crippen LogP contribution in [0.15, 0.2) is 29.5 Å². The summed E-state index contributed by atoms with van der Waals surface area (Å²) in [5.74, 6) is -1.53. The van der Waals surface area contributed by atoms with Crippen LogP contribution in [-0.4, -0.2) is 45.0 Å². The highest BCUT2D eigenvalue weighted by atomic mass is 19.1. The number of halogens is 3. The largest absolute Gasteiger partial charge is 0.391 e. The first-order chi connectivity index (χ1) is 14.9. The fraction of sp³-hybridized carbons (Fsp3) is 0.429. The Labute approximate surface area is 176 Å². The molecule has 1 aliphatic heterocycles. The lowest BCUT2D eigenvalue weighted by molar-refractivity contribution is -0.115. The maximum absolute atomic E-state index is 14.2. The van der Waals surface area contributed by atoms with Crippen molar-refractivity contribution >= 4 is 17.4 Å². The van der Waals surface area contributed by atoms with Gasteiger partial charge in [-0.3, -0.25) is 9.79 Å². The van der Waals surface area contributed by atoms with Gasteiger partial charge < -0.3 is 15.7 Å². The highest BCUT2D eigenvalue weighted by molar-refractivity contribution is 6.47. The molecule has 1 saturated carbocycles. The summed E-state index contributed by atoms with van der Waals surface area (Å²) in [5, 5.41) is 15.8. The summed E-state index contributed by atoms with van der Waals surface area (Å²) in [7, 11) is 0. The second-order valence-corrected chi connectivity index (χ2v) is 7.70. The van der Waals surface area contributed by atoms with Gasteiger partial charge in [0.25, 0.3) is 5.91 Å². The van der Waals surface area contributed by atoms with Crippen LogP contribution in [0, 0.1) is 11.6 Å². The van der Waals surface area contributed by atoms with Crippen molar-refractivity contribution < 1.29 is 23.1 Å². The summed E-state index contributed by atoms with van der Waals surface area (Å²) in [6.07, 6.45) is -0.210. The lowest BCUT2D eigenvalue weighted by Gasteiger charge is -2.20. The van der Waals surface area contributed by atoms with Crippen molar-refractivity contribution in [1.82, 2.24) is 15.3 Å². The number of nitrogens with one attached hydrogen (secondary N) is 2. The minimum absolute atomic E-state index is 0.0315. The van der Waals surface area contributed by atoms with Gasteiger partial charge in [-0.15, -0.1) is 0 Å². The van der Waals surface area contributed by atoms with Crippen LogP contribution in [0.4, 0.5) is 19.0 Å². The molecule has 1 amide bonds. The fourth-order valence-corrected chi connectivity index (χ4v) is 4.01. The normalized spacial score (nSPS) is 23.3. The first-order valence-electron chi connectivity index (χ1n) is 10.1. The molecule has 0 saturated heterocycles. The van der Waals surface area contributed by atoms with Gasteiger partial charge in [0, 0.05) is 18.4 Å². The molecule has 2 aromatic rings. The Morgan fingerprint density at radius 3 is 2.81 bits per heavy atom. The predicted molar refractivity (Wildman–Crippen MR) is 107 cm³/mol. The molecule has 1 fully saturated rings. The Bertz CT molecular complexity index is 1030. The molecule has 1 aliphatic carbocycles. The Morgan fingerprint density at radius 2 is 2.10 bits per heavy atom. The average molecular weight is 433 g/mol. The molecule has 7 nitrogen and oxygen atoms in total. The molecule has 4 rings (SSSR count). The predicted octanol–water partition coefficient (Wildman–Crippen LogP) is 2.60. The Kier molecular flexibility index (Phi) is 5.90. The van der Waals surface area contributed by atoms with Crippen LogP contribution in [0.1, 0.15) is 49.0 Å². The molecule has 2 heterocycles. The molecular weight excluding hydrogens is 411 g/mol. The van der Waals surface area contributed by atoms with Crippen molar-refractivity contribution in [2.75, 3.05) is 5.32 Å². The van der Waals surface area contributed by atoms with Crippen molar-refractivity contribution in [3.05, 3.63) is 53.0 Å². The number of aliphatic hydroxyl groups is 1. The Hall–Kier alpha value is -3.01. The molecule has 3 N–H and O–H groups in total. The highest BCUT2D eigenvalue weighted by Gasteiger charge is 2.35. The van der Waals surface area contributed by atoms with Crippen LogP contribution in [0.3, 0.4) is 0 Å². The van der Waals surface area contributed by atoms with E-state index < -0.39 is 41.9 Å². The number of alkyl halides is 1. The van der Waals surface area contributed by atoms with E-state index in [1.54, 1.807) is 6.92 Å². The molecule has 0 radical (unpaired) electrons. The molecule has 4 atom stereocenters. The van der Waals surface area contributed by atoms with E-state index >= 15 is 0 Å². The van der Waals surface area contributed by atoms with Crippen molar-refractivity contribution in [2.24, 2.45) is 4.99 Å². The van der Waals surface area contributed by atoms with E-state index in [0.717, 1.165) is 18.2 Å². The number of carbonyl (C=O) groups is 1. The summed E-state index contributed by atoms with van der Waals surface area (Å²) >= 11 is 0. The smallest absolute Gasteiger partial charge is 0.270 e. The molecule has 31 heavy (non-hydrogen) atoms. The number of aliphatic imine (C=N–C) groups is 1. The van der Waals surface area contributed by atoms with Gasteiger partial charge in [-0.1, -0.05) is 6.92 Å². The molecule has 1 aromatic heterocycles. The zero-order chi connectivity index (χ0) is 22.1. The Morgan fingerprint density at radius 1 is 1.29 bits per heavy atom. The van der Waals surface area contributed by atoms with Gasteiger partial charge in [-0.25, -0.2) is 23.1 Å². The van der Waals surface area contributed by atoms with E-state index in [1.165, 1.54) is 6.33 Å². The maximum Gasteiger partial charge on any atom is 0.270 e. The molecule has 1 aromatic carbocycles. The monoisotopic (exact) mass is 433 g/mol. The summed E-state index contributed by atoms with van der Waals surface area (Å²) in [5.41, 5.74) is 0.971. The van der Waals surface area contributed by atoms with Crippen molar-refractivity contribution in [2.45, 2.75) is 57.1 Å². The number of hydrogen-bond donors (Lipinski definition) is 3. The van der Waals surface area contributed by atoms with Crippen LogP contribution in [-0.2, 0) is 11.3 Å². The second kappa shape index (κ2) is 8.62. The molecule has 0 unspecified atom stereocenters. The Balaban J connectivity index is 1.57. The van der Waals surface area contributed by atoms with Crippen molar-refractivity contribution in [3.63, 3.8) is 0 Å². The molecular formula is C21H22F3N5O2. The van der Waals surface area contributed by atoms with E-state index in [4.69, 9.17) is 0 Å². The number of rotatable bonds is 6. The molecule has 10 heteroatoms. The summed E-state index contributed by atoms with van der Waals surface area (Å²) in [6, 6.07) is 1.77. The minimum Gasteiger partial charge on any atom is -0.391 e. The highest BCUT2D eigenvalue weighted by Crippen LogP contribution is 2.30. The van der Waals surface area contributed by atoms with E-state index in [2.05, 4.69) is 25.6 Å². The first-order valence-corrected chi connectivity index (χ1v) is 10.1. The number of hydrogen-bond acceptors (Lipinski definition) is 6. The lowest BCUT2D eigenvalue weighted by atomic mass is 10.0. The third-order valence-corrected chi connectivity index (χ3v) is 5.61. The number of aromatic nitrogens is 2. The number of carbonyl (C=O) groups excluding carboxylic acids is 1. The van der Waals surface area contributed by atoms with Crippen molar-refractivity contribution in [3.8, 4) is 0 Å². The third kappa shape index (κ3) is 4.25. The molecule has 0 bridgehead atoms. The molecule has 2 aliphatic rings. The third-order valence-electron chi connectivity index (χ3n) is 5.61. The summed E-state index contributed by atoms with van der Waals surface area (Å²) in [4.78, 5) is 25.6. The van der Waals surface area contributed by atoms with Gasteiger partial charge in [0.05, 0.1) is 36.0 Å². The standard InChI is InChI=1S/C21H22F3N5O2/c1-2-14(12-5-10(22)3-4-13(12)24)29-21(31)19-18-16(8-25-19)26-9-27-20(18)28-15-6-11(23)7-17(15)30/h3-5,9,11,14-15,17,30H,2,6-8H2,1H3,(H,29,31)(H,26,27,28)/t11-,14+,15-,17-/m0/s1. The van der Waals surface area contributed by atoms with Crippen LogP contribution in [0.25, 0.3) is 0 Å². The second-order valence-electron chi connectivity index (χ2n) is 7.70. The van der Waals surface area contributed by atoms with E-state index in [0.29, 0.717) is 17.7 Å². The van der Waals surface area contributed by atoms with E-state index in [-0.39, 0.29) is 36.5 Å².